The molecule has 0 aliphatic carbocycles. The van der Waals surface area contributed by atoms with Crippen LogP contribution in [-0.4, -0.2) is 28.7 Å². The number of nitriles is 1. The van der Waals surface area contributed by atoms with Gasteiger partial charge in [0.25, 0.3) is 10.2 Å². The Morgan fingerprint density at radius 3 is 2.78 bits per heavy atom. The van der Waals surface area contributed by atoms with Gasteiger partial charge in [0.05, 0.1) is 23.9 Å². The molecule has 0 saturated heterocycles. The molecule has 1 rings (SSSR count). The fourth-order valence-electron chi connectivity index (χ4n) is 1.26. The van der Waals surface area contributed by atoms with Gasteiger partial charge in [0.2, 0.25) is 0 Å². The molecule has 7 heteroatoms. The summed E-state index contributed by atoms with van der Waals surface area (Å²) in [5.41, 5.74) is 1.53. The monoisotopic (exact) mass is 269 g/mol. The van der Waals surface area contributed by atoms with Gasteiger partial charge in [-0.3, -0.25) is 4.72 Å². The molecule has 0 aliphatic rings. The highest BCUT2D eigenvalue weighted by Gasteiger charge is 2.11. The molecular weight excluding hydrogens is 254 g/mol. The Morgan fingerprint density at radius 2 is 2.17 bits per heavy atom. The number of benzene rings is 1. The van der Waals surface area contributed by atoms with Crippen LogP contribution in [0.1, 0.15) is 11.1 Å². The predicted molar refractivity (Wildman–Crippen MR) is 68.3 cm³/mol. The van der Waals surface area contributed by atoms with Gasteiger partial charge in [0, 0.05) is 13.7 Å². The van der Waals surface area contributed by atoms with Crippen LogP contribution in [0.15, 0.2) is 18.2 Å². The number of nitrogens with one attached hydrogen (secondary N) is 2. The Morgan fingerprint density at radius 1 is 1.44 bits per heavy atom. The molecule has 98 valence electrons. The van der Waals surface area contributed by atoms with Crippen LogP contribution in [0, 0.1) is 18.3 Å². The normalized spacial score (nSPS) is 10.9. The Balaban J connectivity index is 2.81. The van der Waals surface area contributed by atoms with E-state index in [0.717, 1.165) is 5.56 Å². The quantitative estimate of drug-likeness (QED) is 0.746. The number of hydrogen-bond donors (Lipinski definition) is 2. The maximum Gasteiger partial charge on any atom is 0.299 e. The lowest BCUT2D eigenvalue weighted by Crippen LogP contribution is -2.32. The second-order valence-corrected chi connectivity index (χ2v) is 5.13. The summed E-state index contributed by atoms with van der Waals surface area (Å²) in [5.74, 6) is 0. The zero-order chi connectivity index (χ0) is 13.6. The molecule has 2 N–H and O–H groups in total. The highest BCUT2D eigenvalue weighted by molar-refractivity contribution is 7.90. The van der Waals surface area contributed by atoms with Crippen molar-refractivity contribution in [3.05, 3.63) is 29.3 Å². The topological polar surface area (TPSA) is 91.2 Å². The summed E-state index contributed by atoms with van der Waals surface area (Å²) in [7, 11) is -2.16. The fraction of sp³-hybridized carbons (Fsp3) is 0.364. The van der Waals surface area contributed by atoms with E-state index in [1.807, 2.05) is 6.07 Å². The van der Waals surface area contributed by atoms with Crippen molar-refractivity contribution < 1.29 is 13.2 Å². The summed E-state index contributed by atoms with van der Waals surface area (Å²) >= 11 is 0. The lowest BCUT2D eigenvalue weighted by molar-refractivity contribution is 0.204. The number of nitrogens with zero attached hydrogens (tertiary/aromatic N) is 1. The van der Waals surface area contributed by atoms with Crippen LogP contribution in [0.2, 0.25) is 0 Å². The van der Waals surface area contributed by atoms with Crippen LogP contribution in [-0.2, 0) is 14.9 Å². The highest BCUT2D eigenvalue weighted by Crippen LogP contribution is 2.17. The minimum Gasteiger partial charge on any atom is -0.383 e. The van der Waals surface area contributed by atoms with Gasteiger partial charge < -0.3 is 4.74 Å². The largest absolute Gasteiger partial charge is 0.383 e. The number of aryl methyl sites for hydroxylation is 1. The summed E-state index contributed by atoms with van der Waals surface area (Å²) < 4.78 is 32.8. The van der Waals surface area contributed by atoms with E-state index >= 15 is 0 Å². The number of ether oxygens (including phenoxy) is 1. The SMILES string of the molecule is COCCNS(=O)(=O)Nc1cc(C#N)ccc1C. The Kier molecular flexibility index (Phi) is 5.09. The van der Waals surface area contributed by atoms with E-state index in [9.17, 15) is 8.42 Å². The molecule has 0 atom stereocenters. The molecule has 0 unspecified atom stereocenters. The number of rotatable bonds is 6. The van der Waals surface area contributed by atoms with Crippen molar-refractivity contribution in [2.45, 2.75) is 6.92 Å². The van der Waals surface area contributed by atoms with Gasteiger partial charge in [0.1, 0.15) is 0 Å². The smallest absolute Gasteiger partial charge is 0.299 e. The lowest BCUT2D eigenvalue weighted by atomic mass is 10.1. The number of methoxy groups -OCH3 is 1. The first kappa shape index (κ1) is 14.4. The van der Waals surface area contributed by atoms with E-state index in [2.05, 4.69) is 9.44 Å². The summed E-state index contributed by atoms with van der Waals surface area (Å²) in [4.78, 5) is 0. The van der Waals surface area contributed by atoms with Crippen LogP contribution >= 0.6 is 0 Å². The lowest BCUT2D eigenvalue weighted by Gasteiger charge is -2.11. The molecule has 0 spiro atoms. The van der Waals surface area contributed by atoms with Crippen molar-refractivity contribution in [2.75, 3.05) is 25.0 Å². The summed E-state index contributed by atoms with van der Waals surface area (Å²) in [5, 5.41) is 8.77. The van der Waals surface area contributed by atoms with E-state index in [1.165, 1.54) is 13.2 Å². The van der Waals surface area contributed by atoms with Gasteiger partial charge in [-0.15, -0.1) is 0 Å². The van der Waals surface area contributed by atoms with Crippen molar-refractivity contribution >= 4 is 15.9 Å². The maximum atomic E-state index is 11.7. The van der Waals surface area contributed by atoms with Gasteiger partial charge >= 0.3 is 0 Å². The minimum absolute atomic E-state index is 0.183. The Labute approximate surface area is 107 Å². The standard InChI is InChI=1S/C11H15N3O3S/c1-9-3-4-10(8-12)7-11(9)14-18(15,16)13-5-6-17-2/h3-4,7,13-14H,5-6H2,1-2H3. The molecule has 18 heavy (non-hydrogen) atoms. The second kappa shape index (κ2) is 6.35. The highest BCUT2D eigenvalue weighted by atomic mass is 32.2. The van der Waals surface area contributed by atoms with Gasteiger partial charge in [-0.05, 0) is 24.6 Å². The third-order valence-electron chi connectivity index (χ3n) is 2.21. The van der Waals surface area contributed by atoms with E-state index in [-0.39, 0.29) is 13.2 Å². The van der Waals surface area contributed by atoms with E-state index in [1.54, 1.807) is 19.1 Å². The minimum atomic E-state index is -3.64. The van der Waals surface area contributed by atoms with Crippen molar-refractivity contribution in [3.63, 3.8) is 0 Å². The zero-order valence-electron chi connectivity index (χ0n) is 10.2. The molecule has 1 aromatic carbocycles. The summed E-state index contributed by atoms with van der Waals surface area (Å²) in [6.45, 7) is 2.23. The van der Waals surface area contributed by atoms with Crippen LogP contribution in [0.25, 0.3) is 0 Å². The van der Waals surface area contributed by atoms with Crippen LogP contribution in [0.3, 0.4) is 0 Å². The molecule has 0 amide bonds. The van der Waals surface area contributed by atoms with Crippen molar-refractivity contribution in [1.29, 1.82) is 5.26 Å². The first-order valence-electron chi connectivity index (χ1n) is 5.25. The van der Waals surface area contributed by atoms with Gasteiger partial charge in [-0.25, -0.2) is 0 Å². The molecule has 0 saturated carbocycles. The first-order valence-corrected chi connectivity index (χ1v) is 6.74. The van der Waals surface area contributed by atoms with E-state index in [0.29, 0.717) is 11.3 Å². The molecule has 0 bridgehead atoms. The predicted octanol–water partition coefficient (Wildman–Crippen LogP) is 0.759. The summed E-state index contributed by atoms with van der Waals surface area (Å²) in [6, 6.07) is 6.76. The molecule has 0 aromatic heterocycles. The average molecular weight is 269 g/mol. The molecule has 0 fully saturated rings. The zero-order valence-corrected chi connectivity index (χ0v) is 11.0. The molecular formula is C11H15N3O3S. The van der Waals surface area contributed by atoms with Crippen LogP contribution in [0.4, 0.5) is 5.69 Å². The summed E-state index contributed by atoms with van der Waals surface area (Å²) in [6.07, 6.45) is 0. The van der Waals surface area contributed by atoms with E-state index in [4.69, 9.17) is 10.00 Å². The molecule has 0 heterocycles. The van der Waals surface area contributed by atoms with Gasteiger partial charge in [-0.2, -0.15) is 18.4 Å². The Hall–Kier alpha value is -1.62. The number of anilines is 1. The van der Waals surface area contributed by atoms with Gasteiger partial charge in [-0.1, -0.05) is 6.07 Å². The number of hydrogen-bond acceptors (Lipinski definition) is 4. The Bertz CT molecular complexity index is 549. The van der Waals surface area contributed by atoms with Crippen molar-refractivity contribution in [2.24, 2.45) is 0 Å². The molecule has 6 nitrogen and oxygen atoms in total. The molecule has 1 aromatic rings. The fourth-order valence-corrected chi connectivity index (χ4v) is 2.19. The van der Waals surface area contributed by atoms with Gasteiger partial charge in [0.15, 0.2) is 0 Å². The molecule has 0 aliphatic heterocycles. The molecule has 0 radical (unpaired) electrons. The van der Waals surface area contributed by atoms with Crippen molar-refractivity contribution in [1.82, 2.24) is 4.72 Å². The average Bonchev–Trinajstić information content (AvgIpc) is 2.32. The van der Waals surface area contributed by atoms with Crippen molar-refractivity contribution in [3.8, 4) is 6.07 Å². The third-order valence-corrected chi connectivity index (χ3v) is 3.28. The van der Waals surface area contributed by atoms with Crippen LogP contribution < -0.4 is 9.44 Å². The maximum absolute atomic E-state index is 11.7. The third kappa shape index (κ3) is 4.33. The first-order chi connectivity index (χ1) is 8.48. The van der Waals surface area contributed by atoms with E-state index < -0.39 is 10.2 Å². The van der Waals surface area contributed by atoms with Crippen LogP contribution in [0.5, 0.6) is 0 Å². The second-order valence-electron chi connectivity index (χ2n) is 3.63.